The van der Waals surface area contributed by atoms with Crippen molar-refractivity contribution in [1.82, 2.24) is 0 Å². The summed E-state index contributed by atoms with van der Waals surface area (Å²) in [7, 11) is 0. The molecule has 0 saturated heterocycles. The third-order valence-electron chi connectivity index (χ3n) is 3.91. The highest BCUT2D eigenvalue weighted by atomic mass is 79.9. The molecule has 0 radical (unpaired) electrons. The summed E-state index contributed by atoms with van der Waals surface area (Å²) in [6.07, 6.45) is 8.28. The highest BCUT2D eigenvalue weighted by molar-refractivity contribution is 9.10. The van der Waals surface area contributed by atoms with E-state index in [-0.39, 0.29) is 4.75 Å². The van der Waals surface area contributed by atoms with Crippen LogP contribution in [-0.2, 0) is 11.4 Å². The van der Waals surface area contributed by atoms with Gasteiger partial charge in [-0.05, 0) is 57.2 Å². The zero-order valence-electron chi connectivity index (χ0n) is 13.1. The summed E-state index contributed by atoms with van der Waals surface area (Å²) in [5.74, 6) is 0.622. The average Bonchev–Trinajstić information content (AvgIpc) is 2.44. The number of hydrogen-bond donors (Lipinski definition) is 0. The van der Waals surface area contributed by atoms with E-state index in [2.05, 4.69) is 38.5 Å². The Bertz CT molecular complexity index is 504. The molecule has 1 aliphatic carbocycles. The quantitative estimate of drug-likeness (QED) is 0.520. The van der Waals surface area contributed by atoms with Crippen LogP contribution in [0.3, 0.4) is 0 Å². The molecule has 0 N–H and O–H groups in total. The van der Waals surface area contributed by atoms with Crippen molar-refractivity contribution >= 4 is 33.5 Å². The second-order valence-electron chi connectivity index (χ2n) is 6.70. The van der Waals surface area contributed by atoms with Gasteiger partial charge >= 0.3 is 0 Å². The molecule has 1 aliphatic rings. The highest BCUT2D eigenvalue weighted by Crippen LogP contribution is 2.35. The van der Waals surface area contributed by atoms with Gasteiger partial charge < -0.3 is 4.55 Å². The molecular weight excluding hydrogens is 346 g/mol. The van der Waals surface area contributed by atoms with Crippen LogP contribution in [0, 0.1) is 0 Å². The van der Waals surface area contributed by atoms with Crippen LogP contribution in [0.5, 0.6) is 0 Å². The van der Waals surface area contributed by atoms with Gasteiger partial charge in [-0.3, -0.25) is 0 Å². The van der Waals surface area contributed by atoms with Crippen LogP contribution < -0.4 is 0 Å². The summed E-state index contributed by atoms with van der Waals surface area (Å²) in [6.45, 7) is 5.84. The van der Waals surface area contributed by atoms with Crippen LogP contribution in [-0.4, -0.2) is 15.5 Å². The Morgan fingerprint density at radius 1 is 1.24 bits per heavy atom. The first-order chi connectivity index (χ1) is 9.88. The fourth-order valence-corrected chi connectivity index (χ4v) is 3.61. The molecule has 0 spiro atoms. The van der Waals surface area contributed by atoms with E-state index in [1.54, 1.807) is 6.21 Å². The van der Waals surface area contributed by atoms with Gasteiger partial charge in [0, 0.05) is 10.0 Å². The molecule has 1 unspecified atom stereocenters. The average molecular weight is 370 g/mol. The standard InChI is InChI=1S/C17H24BrNOS/c1-17(2,3)21(20)19-12-14-11-15(18)9-10-16(14)13-7-5-4-6-8-13/h9-13H,4-8H2,1-3H3/b19-12+. The van der Waals surface area contributed by atoms with Gasteiger partial charge in [0.1, 0.15) is 16.1 Å². The first-order valence-corrected chi connectivity index (χ1v) is 9.53. The van der Waals surface area contributed by atoms with Gasteiger partial charge in [0.2, 0.25) is 0 Å². The normalized spacial score (nSPS) is 19.1. The van der Waals surface area contributed by atoms with E-state index in [0.29, 0.717) is 5.92 Å². The lowest BCUT2D eigenvalue weighted by molar-refractivity contribution is 0.443. The second kappa shape index (κ2) is 7.30. The maximum atomic E-state index is 12.1. The molecule has 116 valence electrons. The van der Waals surface area contributed by atoms with Crippen LogP contribution >= 0.6 is 15.9 Å². The van der Waals surface area contributed by atoms with Crippen molar-refractivity contribution in [3.63, 3.8) is 0 Å². The summed E-state index contributed by atoms with van der Waals surface area (Å²) < 4.78 is 17.1. The van der Waals surface area contributed by atoms with Gasteiger partial charge in [0.05, 0.1) is 6.21 Å². The van der Waals surface area contributed by atoms with E-state index in [9.17, 15) is 4.55 Å². The number of hydrogen-bond acceptors (Lipinski definition) is 2. The topological polar surface area (TPSA) is 35.4 Å². The molecule has 21 heavy (non-hydrogen) atoms. The van der Waals surface area contributed by atoms with Crippen molar-refractivity contribution in [2.24, 2.45) is 4.40 Å². The molecule has 1 saturated carbocycles. The Kier molecular flexibility index (Phi) is 5.92. The molecule has 1 aromatic rings. The predicted molar refractivity (Wildman–Crippen MR) is 95.5 cm³/mol. The van der Waals surface area contributed by atoms with Crippen molar-refractivity contribution in [1.29, 1.82) is 0 Å². The van der Waals surface area contributed by atoms with E-state index < -0.39 is 11.4 Å². The predicted octanol–water partition coefficient (Wildman–Crippen LogP) is 5.38. The smallest absolute Gasteiger partial charge is 0.144 e. The first kappa shape index (κ1) is 17.0. The van der Waals surface area contributed by atoms with Gasteiger partial charge in [-0.2, -0.15) is 0 Å². The summed E-state index contributed by atoms with van der Waals surface area (Å²) in [5, 5.41) is 0. The lowest BCUT2D eigenvalue weighted by Crippen LogP contribution is -2.25. The minimum atomic E-state index is -1.20. The largest absolute Gasteiger partial charge is 0.591 e. The molecule has 1 atom stereocenters. The van der Waals surface area contributed by atoms with Gasteiger partial charge in [-0.15, -0.1) is 0 Å². The fourth-order valence-electron chi connectivity index (χ4n) is 2.71. The van der Waals surface area contributed by atoms with Crippen molar-refractivity contribution in [2.75, 3.05) is 0 Å². The van der Waals surface area contributed by atoms with E-state index in [4.69, 9.17) is 0 Å². The molecule has 0 aromatic heterocycles. The molecule has 0 bridgehead atoms. The zero-order chi connectivity index (χ0) is 15.5. The van der Waals surface area contributed by atoms with Crippen molar-refractivity contribution in [3.8, 4) is 0 Å². The minimum Gasteiger partial charge on any atom is -0.591 e. The number of rotatable bonds is 3. The van der Waals surface area contributed by atoms with Crippen LogP contribution in [0.1, 0.15) is 69.9 Å². The summed E-state index contributed by atoms with van der Waals surface area (Å²) in [4.78, 5) is 0. The molecule has 0 aliphatic heterocycles. The molecular formula is C17H24BrNOS. The third-order valence-corrected chi connectivity index (χ3v) is 5.74. The molecule has 2 rings (SSSR count). The lowest BCUT2D eigenvalue weighted by atomic mass is 9.82. The summed E-state index contributed by atoms with van der Waals surface area (Å²) in [5.41, 5.74) is 2.46. The summed E-state index contributed by atoms with van der Waals surface area (Å²) >= 11 is 2.33. The maximum Gasteiger partial charge on any atom is 0.144 e. The molecule has 0 amide bonds. The Hall–Kier alpha value is -0.320. The van der Waals surface area contributed by atoms with Crippen molar-refractivity contribution in [3.05, 3.63) is 33.8 Å². The maximum absolute atomic E-state index is 12.1. The summed E-state index contributed by atoms with van der Waals surface area (Å²) in [6, 6.07) is 6.39. The Balaban J connectivity index is 2.25. The first-order valence-electron chi connectivity index (χ1n) is 7.63. The lowest BCUT2D eigenvalue weighted by Gasteiger charge is -2.23. The minimum absolute atomic E-state index is 0.312. The van der Waals surface area contributed by atoms with Crippen molar-refractivity contribution in [2.45, 2.75) is 63.5 Å². The van der Waals surface area contributed by atoms with Crippen LogP contribution in [0.2, 0.25) is 0 Å². The SMILES string of the molecule is CC(C)(C)[S+]([O-])/N=C/c1cc(Br)ccc1C1CCCCC1. The monoisotopic (exact) mass is 369 g/mol. The Labute approximate surface area is 139 Å². The molecule has 2 nitrogen and oxygen atoms in total. The molecule has 4 heteroatoms. The molecule has 1 fully saturated rings. The third kappa shape index (κ3) is 4.83. The van der Waals surface area contributed by atoms with Gasteiger partial charge in [-0.25, -0.2) is 0 Å². The van der Waals surface area contributed by atoms with Crippen LogP contribution in [0.4, 0.5) is 0 Å². The second-order valence-corrected chi connectivity index (χ2v) is 9.55. The van der Waals surface area contributed by atoms with Gasteiger partial charge in [0.25, 0.3) is 0 Å². The molecule has 1 aromatic carbocycles. The molecule has 0 heterocycles. The van der Waals surface area contributed by atoms with Crippen LogP contribution in [0.25, 0.3) is 0 Å². The number of benzene rings is 1. The Morgan fingerprint density at radius 3 is 2.52 bits per heavy atom. The Morgan fingerprint density at radius 2 is 1.90 bits per heavy atom. The number of nitrogens with zero attached hydrogens (tertiary/aromatic N) is 1. The number of halogens is 1. The van der Waals surface area contributed by atoms with Crippen molar-refractivity contribution < 1.29 is 4.55 Å². The van der Waals surface area contributed by atoms with Crippen LogP contribution in [0.15, 0.2) is 27.1 Å². The zero-order valence-corrected chi connectivity index (χ0v) is 15.5. The van der Waals surface area contributed by atoms with E-state index in [1.165, 1.54) is 37.7 Å². The van der Waals surface area contributed by atoms with E-state index in [0.717, 1.165) is 10.0 Å². The van der Waals surface area contributed by atoms with Gasteiger partial charge in [-0.1, -0.05) is 45.7 Å². The fraction of sp³-hybridized carbons (Fsp3) is 0.588. The highest BCUT2D eigenvalue weighted by Gasteiger charge is 2.26. The van der Waals surface area contributed by atoms with E-state index in [1.807, 2.05) is 20.8 Å². The van der Waals surface area contributed by atoms with Gasteiger partial charge in [0.15, 0.2) is 0 Å². The van der Waals surface area contributed by atoms with E-state index >= 15 is 0 Å².